The van der Waals surface area contributed by atoms with Crippen LogP contribution in [0.5, 0.6) is 0 Å². The van der Waals surface area contributed by atoms with Crippen LogP contribution in [0.15, 0.2) is 46.3 Å². The topological polar surface area (TPSA) is 38.9 Å². The van der Waals surface area contributed by atoms with E-state index in [0.717, 1.165) is 15.1 Å². The third-order valence-corrected chi connectivity index (χ3v) is 3.41. The van der Waals surface area contributed by atoms with Crippen LogP contribution in [0.1, 0.15) is 5.69 Å². The third-order valence-electron chi connectivity index (χ3n) is 1.87. The lowest BCUT2D eigenvalue weighted by Gasteiger charge is -1.98. The van der Waals surface area contributed by atoms with Crippen LogP contribution in [0.2, 0.25) is 0 Å². The molecule has 15 heavy (non-hydrogen) atoms. The van der Waals surface area contributed by atoms with Crippen LogP contribution in [0.4, 0.5) is 5.13 Å². The molecule has 1 aliphatic rings. The van der Waals surface area contributed by atoms with Crippen LogP contribution in [0.25, 0.3) is 5.57 Å². The summed E-state index contributed by atoms with van der Waals surface area (Å²) in [7, 11) is 0. The van der Waals surface area contributed by atoms with Crippen molar-refractivity contribution in [1.82, 2.24) is 4.98 Å². The Kier molecular flexibility index (Phi) is 3.18. The molecule has 0 fully saturated rings. The molecule has 0 aliphatic heterocycles. The molecule has 76 valence electrons. The average molecular weight is 281 g/mol. The highest BCUT2D eigenvalue weighted by Crippen LogP contribution is 2.32. The van der Waals surface area contributed by atoms with Gasteiger partial charge in [-0.15, -0.1) is 0 Å². The van der Waals surface area contributed by atoms with Crippen LogP contribution in [-0.4, -0.2) is 4.98 Å². The fraction of sp³-hybridized carbons (Fsp3) is 0. The van der Waals surface area contributed by atoms with Gasteiger partial charge in [-0.3, -0.25) is 0 Å². The number of hydrogen-bond donors (Lipinski definition) is 1. The molecule has 2 rings (SSSR count). The Labute approximate surface area is 101 Å². The largest absolute Gasteiger partial charge is 0.375 e. The molecule has 0 aromatic carbocycles. The van der Waals surface area contributed by atoms with Crippen molar-refractivity contribution >= 4 is 38.0 Å². The lowest BCUT2D eigenvalue weighted by Crippen LogP contribution is -1.86. The van der Waals surface area contributed by atoms with Crippen molar-refractivity contribution in [3.05, 3.63) is 52.0 Å². The Balaban J connectivity index is 2.42. The van der Waals surface area contributed by atoms with Gasteiger partial charge in [-0.05, 0) is 15.9 Å². The Morgan fingerprint density at radius 2 is 1.87 bits per heavy atom. The molecule has 0 saturated carbocycles. The summed E-state index contributed by atoms with van der Waals surface area (Å²) in [6.07, 6.45) is 13.9. The maximum absolute atomic E-state index is 5.65. The molecule has 0 spiro atoms. The first kappa shape index (κ1) is 10.4. The van der Waals surface area contributed by atoms with Crippen LogP contribution >= 0.6 is 27.3 Å². The molecule has 0 bridgehead atoms. The molecule has 2 nitrogen and oxygen atoms in total. The van der Waals surface area contributed by atoms with E-state index in [1.54, 1.807) is 0 Å². The highest BCUT2D eigenvalue weighted by Gasteiger charge is 2.09. The van der Waals surface area contributed by atoms with E-state index in [1.807, 2.05) is 42.5 Å². The molecular weight excluding hydrogens is 272 g/mol. The van der Waals surface area contributed by atoms with Gasteiger partial charge in [0.1, 0.15) is 0 Å². The van der Waals surface area contributed by atoms with Crippen LogP contribution < -0.4 is 5.73 Å². The van der Waals surface area contributed by atoms with Gasteiger partial charge in [-0.2, -0.15) is 0 Å². The second-order valence-electron chi connectivity index (χ2n) is 2.93. The summed E-state index contributed by atoms with van der Waals surface area (Å²) in [5, 5.41) is 0.577. The molecular formula is C11H9BrN2S. The van der Waals surface area contributed by atoms with Gasteiger partial charge >= 0.3 is 0 Å². The molecule has 0 atom stereocenters. The minimum absolute atomic E-state index is 0.577. The fourth-order valence-electron chi connectivity index (χ4n) is 1.22. The normalized spacial score (nSPS) is 14.9. The maximum Gasteiger partial charge on any atom is 0.181 e. The van der Waals surface area contributed by atoms with Crippen molar-refractivity contribution in [2.75, 3.05) is 5.73 Å². The van der Waals surface area contributed by atoms with Gasteiger partial charge in [0, 0.05) is 5.57 Å². The van der Waals surface area contributed by atoms with Crippen LogP contribution in [-0.2, 0) is 0 Å². The highest BCUT2D eigenvalue weighted by molar-refractivity contribution is 9.11. The van der Waals surface area contributed by atoms with Gasteiger partial charge in [-0.25, -0.2) is 4.98 Å². The van der Waals surface area contributed by atoms with E-state index >= 15 is 0 Å². The minimum atomic E-state index is 0.577. The zero-order chi connectivity index (χ0) is 10.7. The minimum Gasteiger partial charge on any atom is -0.375 e. The molecule has 1 aromatic rings. The molecule has 1 aromatic heterocycles. The molecule has 2 N–H and O–H groups in total. The van der Waals surface area contributed by atoms with Gasteiger partial charge in [0.2, 0.25) is 0 Å². The number of halogens is 1. The smallest absolute Gasteiger partial charge is 0.181 e. The maximum atomic E-state index is 5.65. The van der Waals surface area contributed by atoms with Crippen molar-refractivity contribution in [3.63, 3.8) is 0 Å². The highest BCUT2D eigenvalue weighted by atomic mass is 79.9. The second kappa shape index (κ2) is 4.59. The van der Waals surface area contributed by atoms with E-state index < -0.39 is 0 Å². The first-order chi connectivity index (χ1) is 7.27. The predicted octanol–water partition coefficient (Wildman–Crippen LogP) is 3.55. The first-order valence-electron chi connectivity index (χ1n) is 4.41. The van der Waals surface area contributed by atoms with E-state index in [9.17, 15) is 0 Å². The van der Waals surface area contributed by atoms with Gasteiger partial charge in [0.05, 0.1) is 9.48 Å². The lowest BCUT2D eigenvalue weighted by molar-refractivity contribution is 1.35. The summed E-state index contributed by atoms with van der Waals surface area (Å²) in [5.74, 6) is 0. The van der Waals surface area contributed by atoms with Crippen LogP contribution in [0, 0.1) is 0 Å². The zero-order valence-electron chi connectivity index (χ0n) is 7.85. The Hall–Kier alpha value is -1.13. The summed E-state index contributed by atoms with van der Waals surface area (Å²) in [6, 6.07) is 0. The summed E-state index contributed by atoms with van der Waals surface area (Å²) in [4.78, 5) is 4.28. The van der Waals surface area contributed by atoms with Crippen molar-refractivity contribution < 1.29 is 0 Å². The molecule has 0 saturated heterocycles. The summed E-state index contributed by atoms with van der Waals surface area (Å²) in [6.45, 7) is 0. The number of thiazole rings is 1. The molecule has 0 unspecified atom stereocenters. The monoisotopic (exact) mass is 280 g/mol. The molecule has 1 aliphatic carbocycles. The Morgan fingerprint density at radius 1 is 1.13 bits per heavy atom. The Bertz CT molecular complexity index is 481. The number of rotatable bonds is 1. The zero-order valence-corrected chi connectivity index (χ0v) is 10.3. The van der Waals surface area contributed by atoms with Gasteiger partial charge in [-0.1, -0.05) is 53.9 Å². The second-order valence-corrected chi connectivity index (χ2v) is 5.27. The predicted molar refractivity (Wildman–Crippen MR) is 69.6 cm³/mol. The third kappa shape index (κ3) is 2.46. The fourth-order valence-corrected chi connectivity index (χ4v) is 2.62. The lowest BCUT2D eigenvalue weighted by atomic mass is 10.1. The van der Waals surface area contributed by atoms with Crippen molar-refractivity contribution in [2.45, 2.75) is 0 Å². The SMILES string of the molecule is Nc1nc(C2=CC=CC=CC=C2)c(Br)s1. The standard InChI is InChI=1S/C11H9BrN2S/c12-10-9(14-11(13)15-10)8-6-4-2-1-3-5-7-8/h1-7H,(H2,13,14). The van der Waals surface area contributed by atoms with Crippen molar-refractivity contribution in [1.29, 1.82) is 0 Å². The quantitative estimate of drug-likeness (QED) is 0.855. The van der Waals surface area contributed by atoms with Gasteiger partial charge in [0.15, 0.2) is 5.13 Å². The molecule has 0 amide bonds. The van der Waals surface area contributed by atoms with E-state index in [4.69, 9.17) is 5.73 Å². The number of nitrogens with zero attached hydrogens (tertiary/aromatic N) is 1. The van der Waals surface area contributed by atoms with Crippen LogP contribution in [0.3, 0.4) is 0 Å². The number of anilines is 1. The number of nitrogen functional groups attached to an aromatic ring is 1. The van der Waals surface area contributed by atoms with Crippen molar-refractivity contribution in [3.8, 4) is 0 Å². The van der Waals surface area contributed by atoms with Gasteiger partial charge in [0.25, 0.3) is 0 Å². The summed E-state index contributed by atoms with van der Waals surface area (Å²) >= 11 is 4.90. The number of allylic oxidation sites excluding steroid dienone is 8. The van der Waals surface area contributed by atoms with E-state index in [1.165, 1.54) is 11.3 Å². The molecule has 1 heterocycles. The molecule has 0 radical (unpaired) electrons. The first-order valence-corrected chi connectivity index (χ1v) is 6.02. The van der Waals surface area contributed by atoms with E-state index in [-0.39, 0.29) is 0 Å². The Morgan fingerprint density at radius 3 is 2.60 bits per heavy atom. The average Bonchev–Trinajstić information content (AvgIpc) is 2.45. The number of aromatic nitrogens is 1. The summed E-state index contributed by atoms with van der Waals surface area (Å²) in [5.41, 5.74) is 7.60. The molecule has 4 heteroatoms. The van der Waals surface area contributed by atoms with E-state index in [2.05, 4.69) is 20.9 Å². The number of nitrogens with two attached hydrogens (primary N) is 1. The number of hydrogen-bond acceptors (Lipinski definition) is 3. The van der Waals surface area contributed by atoms with Gasteiger partial charge < -0.3 is 5.73 Å². The summed E-state index contributed by atoms with van der Waals surface area (Å²) < 4.78 is 0.967. The van der Waals surface area contributed by atoms with E-state index in [0.29, 0.717) is 5.13 Å². The van der Waals surface area contributed by atoms with Crippen molar-refractivity contribution in [2.24, 2.45) is 0 Å².